The van der Waals surface area contributed by atoms with Gasteiger partial charge in [-0.3, -0.25) is 0 Å². The van der Waals surface area contributed by atoms with E-state index in [4.69, 9.17) is 5.73 Å². The van der Waals surface area contributed by atoms with Gasteiger partial charge in [0.2, 0.25) is 0 Å². The van der Waals surface area contributed by atoms with Crippen LogP contribution in [0.4, 0.5) is 0 Å². The van der Waals surface area contributed by atoms with E-state index in [9.17, 15) is 0 Å². The van der Waals surface area contributed by atoms with Crippen LogP contribution in [-0.4, -0.2) is 18.5 Å². The Morgan fingerprint density at radius 1 is 1.31 bits per heavy atom. The number of hydrogen-bond donors (Lipinski definition) is 1. The summed E-state index contributed by atoms with van der Waals surface area (Å²) in [7, 11) is 2.13. The summed E-state index contributed by atoms with van der Waals surface area (Å²) in [5.41, 5.74) is 8.74. The van der Waals surface area contributed by atoms with Gasteiger partial charge in [0.15, 0.2) is 0 Å². The number of allylic oxidation sites excluding steroid dienone is 1. The minimum atomic E-state index is 0.0127. The van der Waals surface area contributed by atoms with E-state index >= 15 is 0 Å². The van der Waals surface area contributed by atoms with Crippen LogP contribution in [0.5, 0.6) is 0 Å². The molecule has 2 atom stereocenters. The summed E-state index contributed by atoms with van der Waals surface area (Å²) in [5, 5.41) is 0. The molecule has 86 valence electrons. The minimum Gasteiger partial charge on any atom is -0.376 e. The van der Waals surface area contributed by atoms with Crippen molar-refractivity contribution in [1.29, 1.82) is 0 Å². The largest absolute Gasteiger partial charge is 0.376 e. The number of nitrogens with two attached hydrogens (primary N) is 1. The standard InChI is InChI=1S/C14H20N2/c1-11-8-9-13(16(2)10-11)14(15)12-6-4-3-5-7-12/h3-7,9,11,14H,8,10,15H2,1-2H3/t11?,14-/m1/s1. The molecule has 16 heavy (non-hydrogen) atoms. The Labute approximate surface area is 97.8 Å². The van der Waals surface area contributed by atoms with Gasteiger partial charge < -0.3 is 10.6 Å². The van der Waals surface area contributed by atoms with E-state index in [0.717, 1.165) is 18.9 Å². The highest BCUT2D eigenvalue weighted by atomic mass is 15.1. The van der Waals surface area contributed by atoms with Crippen LogP contribution < -0.4 is 5.73 Å². The van der Waals surface area contributed by atoms with E-state index in [1.54, 1.807) is 0 Å². The van der Waals surface area contributed by atoms with Crippen LogP contribution in [0.1, 0.15) is 24.9 Å². The fourth-order valence-electron chi connectivity index (χ4n) is 2.32. The summed E-state index contributed by atoms with van der Waals surface area (Å²) in [5.74, 6) is 0.733. The lowest BCUT2D eigenvalue weighted by Gasteiger charge is -2.33. The van der Waals surface area contributed by atoms with Crippen LogP contribution in [-0.2, 0) is 0 Å². The van der Waals surface area contributed by atoms with Gasteiger partial charge in [-0.25, -0.2) is 0 Å². The van der Waals surface area contributed by atoms with Crippen molar-refractivity contribution >= 4 is 0 Å². The van der Waals surface area contributed by atoms with Gasteiger partial charge in [-0.1, -0.05) is 43.3 Å². The normalized spacial score (nSPS) is 22.8. The number of rotatable bonds is 2. The third-order valence-electron chi connectivity index (χ3n) is 3.23. The maximum atomic E-state index is 6.30. The van der Waals surface area contributed by atoms with E-state index in [1.807, 2.05) is 18.2 Å². The van der Waals surface area contributed by atoms with Crippen molar-refractivity contribution in [3.63, 3.8) is 0 Å². The Morgan fingerprint density at radius 2 is 2.00 bits per heavy atom. The fraction of sp³-hybridized carbons (Fsp3) is 0.429. The lowest BCUT2D eigenvalue weighted by Crippen LogP contribution is -2.33. The molecule has 2 N–H and O–H groups in total. The quantitative estimate of drug-likeness (QED) is 0.823. The first-order chi connectivity index (χ1) is 7.68. The highest BCUT2D eigenvalue weighted by Crippen LogP contribution is 2.26. The third-order valence-corrected chi connectivity index (χ3v) is 3.23. The molecule has 1 aliphatic rings. The Hall–Kier alpha value is -1.28. The Bertz CT molecular complexity index is 370. The number of benzene rings is 1. The maximum absolute atomic E-state index is 6.30. The van der Waals surface area contributed by atoms with Gasteiger partial charge in [0, 0.05) is 19.3 Å². The van der Waals surface area contributed by atoms with Crippen LogP contribution in [0, 0.1) is 5.92 Å². The van der Waals surface area contributed by atoms with Gasteiger partial charge in [-0.05, 0) is 17.9 Å². The van der Waals surface area contributed by atoms with E-state index in [-0.39, 0.29) is 6.04 Å². The molecule has 0 saturated carbocycles. The second kappa shape index (κ2) is 4.71. The lowest BCUT2D eigenvalue weighted by molar-refractivity contribution is 0.304. The summed E-state index contributed by atoms with van der Waals surface area (Å²) in [6, 6.07) is 10.3. The molecule has 0 fully saturated rings. The SMILES string of the molecule is CC1CC=C([C@H](N)c2ccccc2)N(C)C1. The van der Waals surface area contributed by atoms with Crippen LogP contribution in [0.2, 0.25) is 0 Å². The third kappa shape index (κ3) is 2.27. The van der Waals surface area contributed by atoms with E-state index in [0.29, 0.717) is 0 Å². The minimum absolute atomic E-state index is 0.0127. The molecule has 1 unspecified atom stereocenters. The Kier molecular flexibility index (Phi) is 3.30. The summed E-state index contributed by atoms with van der Waals surface area (Å²) >= 11 is 0. The molecule has 1 aromatic rings. The number of likely N-dealkylation sites (N-methyl/N-ethyl adjacent to an activating group) is 1. The molecule has 1 heterocycles. The molecule has 1 aromatic carbocycles. The number of nitrogens with zero attached hydrogens (tertiary/aromatic N) is 1. The van der Waals surface area contributed by atoms with E-state index in [1.165, 1.54) is 11.3 Å². The van der Waals surface area contributed by atoms with Crippen molar-refractivity contribution in [2.45, 2.75) is 19.4 Å². The van der Waals surface area contributed by atoms with Crippen LogP contribution >= 0.6 is 0 Å². The smallest absolute Gasteiger partial charge is 0.0699 e. The van der Waals surface area contributed by atoms with E-state index < -0.39 is 0 Å². The molecular formula is C14H20N2. The number of hydrogen-bond acceptors (Lipinski definition) is 2. The molecule has 0 bridgehead atoms. The van der Waals surface area contributed by atoms with Crippen LogP contribution in [0.25, 0.3) is 0 Å². The average molecular weight is 216 g/mol. The molecule has 0 amide bonds. The zero-order valence-electron chi connectivity index (χ0n) is 10.1. The first kappa shape index (κ1) is 11.2. The Morgan fingerprint density at radius 3 is 2.62 bits per heavy atom. The van der Waals surface area contributed by atoms with Gasteiger partial charge in [0.25, 0.3) is 0 Å². The van der Waals surface area contributed by atoms with Gasteiger partial charge >= 0.3 is 0 Å². The van der Waals surface area contributed by atoms with Gasteiger partial charge in [-0.2, -0.15) is 0 Å². The van der Waals surface area contributed by atoms with Crippen molar-refractivity contribution in [1.82, 2.24) is 4.90 Å². The second-order valence-corrected chi connectivity index (χ2v) is 4.74. The molecule has 2 heteroatoms. The molecule has 0 radical (unpaired) electrons. The lowest BCUT2D eigenvalue weighted by atomic mass is 9.96. The molecule has 0 spiro atoms. The fourth-order valence-corrected chi connectivity index (χ4v) is 2.32. The molecular weight excluding hydrogens is 196 g/mol. The molecule has 0 aromatic heterocycles. The van der Waals surface area contributed by atoms with Crippen molar-refractivity contribution in [2.75, 3.05) is 13.6 Å². The predicted octanol–water partition coefficient (Wildman–Crippen LogP) is 2.54. The van der Waals surface area contributed by atoms with Crippen molar-refractivity contribution in [2.24, 2.45) is 11.7 Å². The molecule has 1 aliphatic heterocycles. The summed E-state index contributed by atoms with van der Waals surface area (Å²) in [6.07, 6.45) is 3.42. The van der Waals surface area contributed by atoms with Gasteiger partial charge in [-0.15, -0.1) is 0 Å². The van der Waals surface area contributed by atoms with Crippen molar-refractivity contribution in [3.05, 3.63) is 47.7 Å². The first-order valence-corrected chi connectivity index (χ1v) is 5.90. The summed E-state index contributed by atoms with van der Waals surface area (Å²) in [4.78, 5) is 2.28. The molecule has 0 aliphatic carbocycles. The van der Waals surface area contributed by atoms with Gasteiger partial charge in [0.05, 0.1) is 6.04 Å². The molecule has 2 rings (SSSR count). The van der Waals surface area contributed by atoms with Crippen molar-refractivity contribution in [3.8, 4) is 0 Å². The first-order valence-electron chi connectivity index (χ1n) is 5.90. The predicted molar refractivity (Wildman–Crippen MR) is 67.9 cm³/mol. The monoisotopic (exact) mass is 216 g/mol. The van der Waals surface area contributed by atoms with Gasteiger partial charge in [0.1, 0.15) is 0 Å². The molecule has 2 nitrogen and oxygen atoms in total. The van der Waals surface area contributed by atoms with Crippen LogP contribution in [0.15, 0.2) is 42.1 Å². The highest BCUT2D eigenvalue weighted by molar-refractivity contribution is 5.27. The summed E-state index contributed by atoms with van der Waals surface area (Å²) in [6.45, 7) is 3.38. The zero-order chi connectivity index (χ0) is 11.5. The average Bonchev–Trinajstić information content (AvgIpc) is 2.29. The summed E-state index contributed by atoms with van der Waals surface area (Å²) < 4.78 is 0. The van der Waals surface area contributed by atoms with Crippen LogP contribution in [0.3, 0.4) is 0 Å². The Balaban J connectivity index is 2.19. The highest BCUT2D eigenvalue weighted by Gasteiger charge is 2.20. The second-order valence-electron chi connectivity index (χ2n) is 4.74. The zero-order valence-corrected chi connectivity index (χ0v) is 10.1. The van der Waals surface area contributed by atoms with E-state index in [2.05, 4.69) is 37.1 Å². The molecule has 0 saturated heterocycles. The topological polar surface area (TPSA) is 29.3 Å². The maximum Gasteiger partial charge on any atom is 0.0699 e. The van der Waals surface area contributed by atoms with Crippen molar-refractivity contribution < 1.29 is 0 Å².